The Morgan fingerprint density at radius 2 is 1.00 bits per heavy atom. The number of halogens is 2. The second kappa shape index (κ2) is 13.9. The van der Waals surface area contributed by atoms with E-state index >= 15 is 0 Å². The van der Waals surface area contributed by atoms with E-state index in [9.17, 15) is 18.4 Å². The lowest BCUT2D eigenvalue weighted by Gasteiger charge is -2.14. The summed E-state index contributed by atoms with van der Waals surface area (Å²) in [6.07, 6.45) is 0. The van der Waals surface area contributed by atoms with E-state index in [1.165, 1.54) is 62.0 Å². The Kier molecular flexibility index (Phi) is 10.0. The van der Waals surface area contributed by atoms with Crippen molar-refractivity contribution >= 4 is 46.7 Å². The van der Waals surface area contributed by atoms with Crippen LogP contribution in [0.25, 0.3) is 11.1 Å². The van der Waals surface area contributed by atoms with Crippen molar-refractivity contribution in [3.63, 3.8) is 0 Å². The Morgan fingerprint density at radius 1 is 0.625 bits per heavy atom. The molecule has 206 valence electrons. The standard InChI is InChI=1S/C30H26F2N2O4S2/c1-37-27-15-19(3-13-25(27)33-29(35)17-39-23-9-5-21(31)6-10-23)20-4-14-26(28(16-20)38-2)34-30(36)18-40-24-11-7-22(32)8-12-24/h3-16H,17-18H2,1-2H3,(H,33,35)(H,34,36). The SMILES string of the molecule is COc1cc(-c2ccc(NC(=O)CSc3ccc(F)cc3)c(OC)c2)ccc1NC(=O)CSc1ccc(F)cc1. The lowest BCUT2D eigenvalue weighted by molar-refractivity contribution is -0.114. The third kappa shape index (κ3) is 8.00. The minimum Gasteiger partial charge on any atom is -0.495 e. The molecule has 0 aliphatic rings. The number of thioether (sulfide) groups is 2. The van der Waals surface area contributed by atoms with Crippen LogP contribution >= 0.6 is 23.5 Å². The van der Waals surface area contributed by atoms with Crippen LogP contribution in [0.5, 0.6) is 11.5 Å². The summed E-state index contributed by atoms with van der Waals surface area (Å²) in [5.41, 5.74) is 2.67. The maximum atomic E-state index is 13.1. The molecule has 2 N–H and O–H groups in total. The predicted octanol–water partition coefficient (Wildman–Crippen LogP) is 7.11. The van der Waals surface area contributed by atoms with Crippen LogP contribution in [0.3, 0.4) is 0 Å². The molecule has 0 saturated carbocycles. The van der Waals surface area contributed by atoms with E-state index in [0.29, 0.717) is 22.9 Å². The van der Waals surface area contributed by atoms with E-state index in [4.69, 9.17) is 9.47 Å². The van der Waals surface area contributed by atoms with E-state index in [0.717, 1.165) is 20.9 Å². The van der Waals surface area contributed by atoms with Crippen LogP contribution in [-0.4, -0.2) is 37.5 Å². The second-order valence-corrected chi connectivity index (χ2v) is 10.5. The summed E-state index contributed by atoms with van der Waals surface area (Å²) in [4.78, 5) is 26.6. The molecule has 0 spiro atoms. The lowest BCUT2D eigenvalue weighted by atomic mass is 10.0. The average Bonchev–Trinajstić information content (AvgIpc) is 2.97. The van der Waals surface area contributed by atoms with Crippen molar-refractivity contribution in [3.05, 3.63) is 96.6 Å². The Bertz CT molecular complexity index is 1370. The van der Waals surface area contributed by atoms with Gasteiger partial charge in [-0.15, -0.1) is 23.5 Å². The number of hydrogen-bond acceptors (Lipinski definition) is 6. The predicted molar refractivity (Wildman–Crippen MR) is 156 cm³/mol. The van der Waals surface area contributed by atoms with Crippen molar-refractivity contribution < 1.29 is 27.8 Å². The molecular weight excluding hydrogens is 554 g/mol. The summed E-state index contributed by atoms with van der Waals surface area (Å²) in [5.74, 6) is 0.173. The summed E-state index contributed by atoms with van der Waals surface area (Å²) < 4.78 is 37.2. The molecule has 0 saturated heterocycles. The molecular formula is C30H26F2N2O4S2. The fourth-order valence-corrected chi connectivity index (χ4v) is 5.08. The van der Waals surface area contributed by atoms with E-state index < -0.39 is 0 Å². The first-order valence-electron chi connectivity index (χ1n) is 12.1. The molecule has 0 radical (unpaired) electrons. The van der Waals surface area contributed by atoms with Gasteiger partial charge in [0.05, 0.1) is 37.1 Å². The number of anilines is 2. The van der Waals surface area contributed by atoms with Gasteiger partial charge in [-0.2, -0.15) is 0 Å². The zero-order valence-electron chi connectivity index (χ0n) is 21.7. The number of carbonyl (C=O) groups excluding carboxylic acids is 2. The first kappa shape index (κ1) is 29.0. The van der Waals surface area contributed by atoms with Gasteiger partial charge in [0.1, 0.15) is 23.1 Å². The van der Waals surface area contributed by atoms with Crippen LogP contribution in [0.4, 0.5) is 20.2 Å². The molecule has 0 bridgehead atoms. The summed E-state index contributed by atoms with van der Waals surface area (Å²) in [7, 11) is 3.04. The molecule has 0 aliphatic carbocycles. The van der Waals surface area contributed by atoms with E-state index in [-0.39, 0.29) is 35.0 Å². The second-order valence-electron chi connectivity index (χ2n) is 8.41. The highest BCUT2D eigenvalue weighted by atomic mass is 32.2. The zero-order chi connectivity index (χ0) is 28.5. The van der Waals surface area contributed by atoms with Gasteiger partial charge >= 0.3 is 0 Å². The van der Waals surface area contributed by atoms with Crippen molar-refractivity contribution in [3.8, 4) is 22.6 Å². The molecule has 4 aromatic carbocycles. The number of methoxy groups -OCH3 is 2. The van der Waals surface area contributed by atoms with Gasteiger partial charge < -0.3 is 20.1 Å². The van der Waals surface area contributed by atoms with Crippen LogP contribution in [-0.2, 0) is 9.59 Å². The molecule has 0 heterocycles. The van der Waals surface area contributed by atoms with Gasteiger partial charge in [-0.1, -0.05) is 12.1 Å². The van der Waals surface area contributed by atoms with Crippen molar-refractivity contribution in [1.29, 1.82) is 0 Å². The number of benzene rings is 4. The van der Waals surface area contributed by atoms with E-state index in [1.807, 2.05) is 12.1 Å². The fourth-order valence-electron chi connectivity index (χ4n) is 3.68. The third-order valence-electron chi connectivity index (χ3n) is 5.65. The molecule has 6 nitrogen and oxygen atoms in total. The molecule has 10 heteroatoms. The summed E-state index contributed by atoms with van der Waals surface area (Å²) in [5, 5.41) is 5.70. The molecule has 0 fully saturated rings. The Morgan fingerprint density at radius 3 is 1.35 bits per heavy atom. The van der Waals surface area contributed by atoms with Crippen LogP contribution in [0.15, 0.2) is 94.7 Å². The highest BCUT2D eigenvalue weighted by Gasteiger charge is 2.13. The molecule has 0 unspecified atom stereocenters. The topological polar surface area (TPSA) is 76.7 Å². The van der Waals surface area contributed by atoms with Gasteiger partial charge in [-0.3, -0.25) is 9.59 Å². The van der Waals surface area contributed by atoms with Crippen LogP contribution in [0, 0.1) is 11.6 Å². The summed E-state index contributed by atoms with van der Waals surface area (Å²) >= 11 is 2.61. The summed E-state index contributed by atoms with van der Waals surface area (Å²) in [6, 6.07) is 22.7. The van der Waals surface area contributed by atoms with Gasteiger partial charge in [0, 0.05) is 9.79 Å². The van der Waals surface area contributed by atoms with Gasteiger partial charge in [0.15, 0.2) is 0 Å². The molecule has 4 aromatic rings. The molecule has 0 aromatic heterocycles. The van der Waals surface area contributed by atoms with Crippen molar-refractivity contribution in [2.75, 3.05) is 36.4 Å². The Balaban J connectivity index is 1.39. The van der Waals surface area contributed by atoms with Gasteiger partial charge in [0.2, 0.25) is 11.8 Å². The van der Waals surface area contributed by atoms with Crippen molar-refractivity contribution in [1.82, 2.24) is 0 Å². The van der Waals surface area contributed by atoms with E-state index in [1.54, 1.807) is 48.5 Å². The molecule has 40 heavy (non-hydrogen) atoms. The van der Waals surface area contributed by atoms with Crippen molar-refractivity contribution in [2.45, 2.75) is 9.79 Å². The number of ether oxygens (including phenoxy) is 2. The monoisotopic (exact) mass is 580 g/mol. The number of nitrogens with one attached hydrogen (secondary N) is 2. The normalized spacial score (nSPS) is 10.6. The van der Waals surface area contributed by atoms with Crippen LogP contribution < -0.4 is 20.1 Å². The number of rotatable bonds is 11. The minimum absolute atomic E-state index is 0.156. The van der Waals surface area contributed by atoms with Crippen LogP contribution in [0.2, 0.25) is 0 Å². The third-order valence-corrected chi connectivity index (χ3v) is 7.68. The highest BCUT2D eigenvalue weighted by molar-refractivity contribution is 8.00. The smallest absolute Gasteiger partial charge is 0.234 e. The van der Waals surface area contributed by atoms with E-state index in [2.05, 4.69) is 10.6 Å². The average molecular weight is 581 g/mol. The Labute approximate surface area is 239 Å². The minimum atomic E-state index is -0.326. The van der Waals surface area contributed by atoms with Gasteiger partial charge in [-0.25, -0.2) is 8.78 Å². The van der Waals surface area contributed by atoms with Gasteiger partial charge in [0.25, 0.3) is 0 Å². The van der Waals surface area contributed by atoms with Gasteiger partial charge in [-0.05, 0) is 83.9 Å². The molecule has 4 rings (SSSR count). The Hall–Kier alpha value is -4.02. The van der Waals surface area contributed by atoms with Crippen molar-refractivity contribution in [2.24, 2.45) is 0 Å². The number of amides is 2. The quantitative estimate of drug-likeness (QED) is 0.184. The largest absolute Gasteiger partial charge is 0.495 e. The maximum Gasteiger partial charge on any atom is 0.234 e. The maximum absolute atomic E-state index is 13.1. The first-order chi connectivity index (χ1) is 19.3. The number of hydrogen-bond donors (Lipinski definition) is 2. The first-order valence-corrected chi connectivity index (χ1v) is 14.0. The summed E-state index contributed by atoms with van der Waals surface area (Å²) in [6.45, 7) is 0. The highest BCUT2D eigenvalue weighted by Crippen LogP contribution is 2.35. The number of carbonyl (C=O) groups is 2. The molecule has 0 atom stereocenters. The lowest BCUT2D eigenvalue weighted by Crippen LogP contribution is -2.15. The molecule has 0 aliphatic heterocycles. The fraction of sp³-hybridized carbons (Fsp3) is 0.133. The molecule has 2 amide bonds. The zero-order valence-corrected chi connectivity index (χ0v) is 23.3. The van der Waals surface area contributed by atoms with Crippen LogP contribution in [0.1, 0.15) is 0 Å².